The van der Waals surface area contributed by atoms with Crippen molar-refractivity contribution in [3.05, 3.63) is 50.7 Å². The number of allylic oxidation sites excluding steroid dienone is 1. The van der Waals surface area contributed by atoms with Gasteiger partial charge in [-0.1, -0.05) is 6.08 Å². The molecule has 3 atom stereocenters. The summed E-state index contributed by atoms with van der Waals surface area (Å²) in [6.07, 6.45) is 3.04. The van der Waals surface area contributed by atoms with Crippen molar-refractivity contribution in [3.63, 3.8) is 0 Å². The third kappa shape index (κ3) is 3.67. The fraction of sp³-hybridized carbons (Fsp3) is 0.367. The quantitative estimate of drug-likeness (QED) is 0.178. The molecule has 42 heavy (non-hydrogen) atoms. The molecule has 3 heterocycles. The molecule has 1 amide bonds. The number of likely N-dealkylation sites (N-methyl/N-ethyl adjacent to an activating group) is 1. The van der Waals surface area contributed by atoms with Crippen molar-refractivity contribution in [1.82, 2.24) is 9.80 Å². The van der Waals surface area contributed by atoms with Gasteiger partial charge in [0.2, 0.25) is 0 Å². The second-order valence-corrected chi connectivity index (χ2v) is 10.5. The van der Waals surface area contributed by atoms with Gasteiger partial charge in [0.15, 0.2) is 34.8 Å². The first kappa shape index (κ1) is 28.8. The lowest BCUT2D eigenvalue weighted by molar-refractivity contribution is -0.148. The number of hydrogen-bond donors (Lipinski definition) is 4. The number of carbonyl (C=O) groups is 3. The third-order valence-electron chi connectivity index (χ3n) is 8.47. The number of Topliss-reactive ketones (excluding diaryl/α,β-unsaturated/α-hetero) is 1. The second-order valence-electron chi connectivity index (χ2n) is 10.5. The Morgan fingerprint density at radius 2 is 1.50 bits per heavy atom. The van der Waals surface area contributed by atoms with Crippen molar-refractivity contribution in [3.8, 4) is 34.5 Å². The molecule has 0 unspecified atom stereocenters. The molecule has 222 valence electrons. The summed E-state index contributed by atoms with van der Waals surface area (Å²) in [6, 6.07) is -3.61. The van der Waals surface area contributed by atoms with Gasteiger partial charge in [-0.05, 0) is 40.8 Å². The first-order valence-corrected chi connectivity index (χ1v) is 13.2. The van der Waals surface area contributed by atoms with Crippen LogP contribution < -0.4 is 9.47 Å². The van der Waals surface area contributed by atoms with E-state index in [1.165, 1.54) is 44.1 Å². The standard InChI is InChI=1S/C30H32N2O10/c1-8-11(2)30(39)42-10-16-17-14(22(33)12(3)27(40-6)25(17)36)9-15-20-18-19(23(34)13(4)28(41-7)26(18)37)24(35)21(31(20)5)29(38)32(15)16/h8-9,16,20-21,33-34,36-37H,10H2,1-7H3/t16-,20-,21-/m0/s1. The highest BCUT2D eigenvalue weighted by atomic mass is 16.5. The Labute approximate surface area is 241 Å². The molecular formula is C30H32N2O10. The van der Waals surface area contributed by atoms with Crippen LogP contribution in [0.15, 0.2) is 17.3 Å². The lowest BCUT2D eigenvalue weighted by atomic mass is 9.77. The average molecular weight is 581 g/mol. The van der Waals surface area contributed by atoms with Crippen LogP contribution in [-0.2, 0) is 14.3 Å². The molecule has 2 bridgehead atoms. The van der Waals surface area contributed by atoms with E-state index in [9.17, 15) is 34.8 Å². The maximum Gasteiger partial charge on any atom is 0.333 e. The first-order valence-electron chi connectivity index (χ1n) is 13.2. The van der Waals surface area contributed by atoms with Gasteiger partial charge in [0, 0.05) is 39.1 Å². The molecule has 1 saturated heterocycles. The molecule has 0 spiro atoms. The predicted octanol–water partition coefficient (Wildman–Crippen LogP) is 3.13. The minimum Gasteiger partial charge on any atom is -0.507 e. The minimum atomic E-state index is -1.42. The van der Waals surface area contributed by atoms with E-state index in [0.29, 0.717) is 5.57 Å². The van der Waals surface area contributed by atoms with Crippen LogP contribution in [0.25, 0.3) is 6.08 Å². The SMILES string of the molecule is CC=C(C)C(=O)OC[C@H]1c2c(O)c(OC)c(C)c(O)c2C=C2[C@H]3c4c(O)c(OC)c(C)c(O)c4C(=O)[C@@H](C(=O)N21)N3C. The number of nitrogens with zero attached hydrogens (tertiary/aromatic N) is 2. The van der Waals surface area contributed by atoms with Crippen molar-refractivity contribution < 1.29 is 49.0 Å². The summed E-state index contributed by atoms with van der Waals surface area (Å²) in [5.74, 6) is -3.62. The number of phenols is 4. The Bertz CT molecular complexity index is 1640. The van der Waals surface area contributed by atoms with Crippen LogP contribution in [0.3, 0.4) is 0 Å². The molecule has 0 saturated carbocycles. The van der Waals surface area contributed by atoms with Crippen molar-refractivity contribution in [2.24, 2.45) is 0 Å². The topological polar surface area (TPSA) is 166 Å². The van der Waals surface area contributed by atoms with E-state index in [0.717, 1.165) is 0 Å². The monoisotopic (exact) mass is 580 g/mol. The molecule has 2 aromatic carbocycles. The number of fused-ring (bicyclic) bond motifs is 7. The summed E-state index contributed by atoms with van der Waals surface area (Å²) in [6.45, 7) is 5.80. The Balaban J connectivity index is 1.84. The van der Waals surface area contributed by atoms with Crippen LogP contribution in [0.5, 0.6) is 34.5 Å². The fourth-order valence-corrected chi connectivity index (χ4v) is 6.22. The van der Waals surface area contributed by atoms with Crippen LogP contribution in [0.1, 0.15) is 64.1 Å². The van der Waals surface area contributed by atoms with Crippen LogP contribution in [0.4, 0.5) is 0 Å². The number of aromatic hydroxyl groups is 4. The summed E-state index contributed by atoms with van der Waals surface area (Å²) in [5, 5.41) is 45.0. The number of esters is 1. The second kappa shape index (κ2) is 9.98. The lowest BCUT2D eigenvalue weighted by Gasteiger charge is -2.52. The molecule has 0 aliphatic carbocycles. The van der Waals surface area contributed by atoms with Gasteiger partial charge >= 0.3 is 5.97 Å². The molecule has 3 aliphatic rings. The highest BCUT2D eigenvalue weighted by Crippen LogP contribution is 2.58. The number of piperazine rings is 1. The predicted molar refractivity (Wildman–Crippen MR) is 149 cm³/mol. The van der Waals surface area contributed by atoms with Gasteiger partial charge < -0.3 is 39.5 Å². The Morgan fingerprint density at radius 3 is 2.07 bits per heavy atom. The van der Waals surface area contributed by atoms with Gasteiger partial charge in [-0.25, -0.2) is 4.79 Å². The Hall–Kier alpha value is -4.71. The van der Waals surface area contributed by atoms with E-state index in [4.69, 9.17) is 14.2 Å². The van der Waals surface area contributed by atoms with Crippen molar-refractivity contribution in [2.45, 2.75) is 45.8 Å². The van der Waals surface area contributed by atoms with Crippen LogP contribution in [-0.4, -0.2) is 81.8 Å². The van der Waals surface area contributed by atoms with Gasteiger partial charge in [-0.3, -0.25) is 14.5 Å². The maximum absolute atomic E-state index is 14.2. The smallest absolute Gasteiger partial charge is 0.333 e. The number of amides is 1. The van der Waals surface area contributed by atoms with Crippen LogP contribution >= 0.6 is 0 Å². The van der Waals surface area contributed by atoms with Gasteiger partial charge in [0.05, 0.1) is 25.8 Å². The molecule has 5 rings (SSSR count). The van der Waals surface area contributed by atoms with E-state index in [2.05, 4.69) is 0 Å². The fourth-order valence-electron chi connectivity index (χ4n) is 6.22. The molecule has 0 aromatic heterocycles. The molecular weight excluding hydrogens is 548 g/mol. The number of phenolic OH excluding ortho intramolecular Hbond substituents is 4. The summed E-state index contributed by atoms with van der Waals surface area (Å²) >= 11 is 0. The summed E-state index contributed by atoms with van der Waals surface area (Å²) in [7, 11) is 4.16. The van der Waals surface area contributed by atoms with Crippen LogP contribution in [0, 0.1) is 13.8 Å². The molecule has 12 heteroatoms. The summed E-state index contributed by atoms with van der Waals surface area (Å²) < 4.78 is 16.3. The summed E-state index contributed by atoms with van der Waals surface area (Å²) in [5.41, 5.74) is 0.885. The molecule has 12 nitrogen and oxygen atoms in total. The number of benzene rings is 2. The van der Waals surface area contributed by atoms with E-state index in [1.54, 1.807) is 26.8 Å². The van der Waals surface area contributed by atoms with Gasteiger partial charge in [0.25, 0.3) is 5.91 Å². The van der Waals surface area contributed by atoms with Crippen LogP contribution in [0.2, 0.25) is 0 Å². The number of ether oxygens (including phenoxy) is 3. The van der Waals surface area contributed by atoms with Crippen molar-refractivity contribution >= 4 is 23.7 Å². The number of ketones is 1. The summed E-state index contributed by atoms with van der Waals surface area (Å²) in [4.78, 5) is 43.4. The zero-order valence-corrected chi connectivity index (χ0v) is 24.2. The van der Waals surface area contributed by atoms with E-state index in [-0.39, 0.29) is 62.1 Å². The number of methoxy groups -OCH3 is 2. The lowest BCUT2D eigenvalue weighted by Crippen LogP contribution is -2.62. The number of hydrogen-bond acceptors (Lipinski definition) is 11. The van der Waals surface area contributed by atoms with E-state index in [1.807, 2.05) is 0 Å². The van der Waals surface area contributed by atoms with E-state index >= 15 is 0 Å². The minimum absolute atomic E-state index is 0.0142. The Kier molecular flexibility index (Phi) is 6.85. The maximum atomic E-state index is 14.2. The highest BCUT2D eigenvalue weighted by molar-refractivity contribution is 6.18. The molecule has 1 fully saturated rings. The number of carbonyl (C=O) groups excluding carboxylic acids is 3. The zero-order valence-electron chi connectivity index (χ0n) is 24.2. The average Bonchev–Trinajstić information content (AvgIpc) is 2.96. The van der Waals surface area contributed by atoms with Gasteiger partial charge in [-0.2, -0.15) is 0 Å². The molecule has 3 aliphatic heterocycles. The largest absolute Gasteiger partial charge is 0.507 e. The van der Waals surface area contributed by atoms with E-state index < -0.39 is 53.9 Å². The van der Waals surface area contributed by atoms with Crippen molar-refractivity contribution in [1.29, 1.82) is 0 Å². The normalized spacial score (nSPS) is 21.3. The van der Waals surface area contributed by atoms with Gasteiger partial charge in [0.1, 0.15) is 24.1 Å². The highest BCUT2D eigenvalue weighted by Gasteiger charge is 2.57. The molecule has 2 aromatic rings. The third-order valence-corrected chi connectivity index (χ3v) is 8.47. The first-order chi connectivity index (χ1) is 19.8. The Morgan fingerprint density at radius 1 is 0.929 bits per heavy atom. The number of rotatable bonds is 5. The molecule has 4 N–H and O–H groups in total. The zero-order chi connectivity index (χ0) is 30.9. The van der Waals surface area contributed by atoms with Crippen molar-refractivity contribution in [2.75, 3.05) is 27.9 Å². The van der Waals surface area contributed by atoms with Gasteiger partial charge in [-0.15, -0.1) is 0 Å². The molecule has 0 radical (unpaired) electrons.